The van der Waals surface area contributed by atoms with Crippen LogP contribution in [0.3, 0.4) is 0 Å². The molecule has 91 heavy (non-hydrogen) atoms. The summed E-state index contributed by atoms with van der Waals surface area (Å²) in [4.78, 5) is 124. The molecule has 0 aliphatic heterocycles. The fourth-order valence-corrected chi connectivity index (χ4v) is 11.7. The zero-order valence-electron chi connectivity index (χ0n) is 56.9. The smallest absolute Gasteiger partial charge is 0.245 e. The first-order valence-electron chi connectivity index (χ1n) is 35.7. The Morgan fingerprint density at radius 3 is 0.923 bits per heavy atom. The van der Waals surface area contributed by atoms with Crippen LogP contribution in [0.15, 0.2) is 0 Å². The monoisotopic (exact) mass is 1310 g/mol. The first-order chi connectivity index (χ1) is 44.1. The van der Waals surface area contributed by atoms with E-state index in [-0.39, 0.29) is 74.3 Å². The minimum Gasteiger partial charge on any atom is -0.394 e. The second-order valence-electron chi connectivity index (χ2n) is 24.7. The van der Waals surface area contributed by atoms with Crippen LogP contribution < -0.4 is 71.2 Å². The molecule has 0 aliphatic rings. The Morgan fingerprint density at radius 1 is 0.319 bits per heavy atom. The molecule has 7 atom stereocenters. The lowest BCUT2D eigenvalue weighted by Crippen LogP contribution is -2.60. The molecule has 0 heterocycles. The highest BCUT2D eigenvalue weighted by molar-refractivity contribution is 7.99. The van der Waals surface area contributed by atoms with Crippen LogP contribution in [0.2, 0.25) is 0 Å². The Morgan fingerprint density at radius 2 is 0.593 bits per heavy atom. The summed E-state index contributed by atoms with van der Waals surface area (Å²) >= 11 is 1.18. The van der Waals surface area contributed by atoms with Crippen molar-refractivity contribution in [2.45, 2.75) is 320 Å². The van der Waals surface area contributed by atoms with Crippen molar-refractivity contribution in [3.8, 4) is 0 Å². The molecule has 0 aromatic heterocycles. The Balaban J connectivity index is 6.60. The van der Waals surface area contributed by atoms with Gasteiger partial charge in [-0.3, -0.25) is 43.2 Å². The van der Waals surface area contributed by atoms with Gasteiger partial charge in [-0.15, -0.1) is 0 Å². The van der Waals surface area contributed by atoms with Crippen LogP contribution in [-0.4, -0.2) is 151 Å². The number of primary amides is 1. The van der Waals surface area contributed by atoms with Gasteiger partial charge in [0.2, 0.25) is 53.2 Å². The second-order valence-corrected chi connectivity index (χ2v) is 25.8. The zero-order valence-corrected chi connectivity index (χ0v) is 57.7. The van der Waals surface area contributed by atoms with Crippen molar-refractivity contribution in [1.29, 1.82) is 0 Å². The van der Waals surface area contributed by atoms with Crippen LogP contribution in [0.25, 0.3) is 0 Å². The van der Waals surface area contributed by atoms with Crippen LogP contribution in [0.4, 0.5) is 0 Å². The molecule has 0 spiro atoms. The van der Waals surface area contributed by atoms with E-state index >= 15 is 0 Å². The number of unbranched alkanes of at least 4 members (excludes halogenated alkanes) is 27. The number of nitrogens with two attached hydrogens (primary N) is 5. The summed E-state index contributed by atoms with van der Waals surface area (Å²) in [6.07, 6.45) is 33.2. The first-order valence-corrected chi connectivity index (χ1v) is 36.9. The lowest BCUT2D eigenvalue weighted by atomic mass is 10.0. The Labute approximate surface area is 552 Å². The van der Waals surface area contributed by atoms with E-state index in [0.717, 1.165) is 70.6 Å². The van der Waals surface area contributed by atoms with E-state index in [0.29, 0.717) is 90.4 Å². The van der Waals surface area contributed by atoms with Crippen molar-refractivity contribution >= 4 is 64.9 Å². The normalized spacial score (nSPS) is 13.6. The van der Waals surface area contributed by atoms with E-state index in [1.807, 2.05) is 0 Å². The highest BCUT2D eigenvalue weighted by Gasteiger charge is 2.34. The van der Waals surface area contributed by atoms with E-state index in [2.05, 4.69) is 63.3 Å². The van der Waals surface area contributed by atoms with Gasteiger partial charge in [-0.05, 0) is 122 Å². The molecule has 19 N–H and O–H groups in total. The van der Waals surface area contributed by atoms with Gasteiger partial charge in [0.05, 0.1) is 6.61 Å². The van der Waals surface area contributed by atoms with Gasteiger partial charge in [-0.2, -0.15) is 11.8 Å². The van der Waals surface area contributed by atoms with Crippen molar-refractivity contribution in [3.05, 3.63) is 0 Å². The fourth-order valence-electron chi connectivity index (χ4n) is 10.6. The average molecular weight is 1310 g/mol. The number of carbonyl (C=O) groups excluding carboxylic acids is 9. The molecule has 0 saturated heterocycles. The van der Waals surface area contributed by atoms with Crippen LogP contribution in [0.1, 0.15) is 278 Å². The van der Waals surface area contributed by atoms with Crippen LogP contribution in [0, 0.1) is 0 Å². The largest absolute Gasteiger partial charge is 0.394 e. The molecule has 0 saturated carbocycles. The maximum Gasteiger partial charge on any atom is 0.245 e. The number of aliphatic hydroxyl groups is 1. The van der Waals surface area contributed by atoms with E-state index in [4.69, 9.17) is 28.7 Å². The number of hydrogen-bond acceptors (Lipinski definition) is 15. The second kappa shape index (κ2) is 60.3. The molecule has 0 rings (SSSR count). The van der Waals surface area contributed by atoms with E-state index in [9.17, 15) is 48.3 Å². The third-order valence-corrected chi connectivity index (χ3v) is 17.5. The molecule has 9 amide bonds. The summed E-state index contributed by atoms with van der Waals surface area (Å²) < 4.78 is 0. The molecule has 0 aromatic rings. The summed E-state index contributed by atoms with van der Waals surface area (Å²) in [5, 5.41) is 32.9. The van der Waals surface area contributed by atoms with Crippen molar-refractivity contribution in [2.24, 2.45) is 28.7 Å². The molecule has 530 valence electrons. The molecule has 0 aromatic carbocycles. The summed E-state index contributed by atoms with van der Waals surface area (Å²) in [5.74, 6) is -5.53. The quantitative estimate of drug-likeness (QED) is 0.0301. The topological polar surface area (TPSA) is 400 Å². The summed E-state index contributed by atoms with van der Waals surface area (Å²) in [7, 11) is 0. The predicted molar refractivity (Wildman–Crippen MR) is 368 cm³/mol. The maximum absolute atomic E-state index is 14.4. The third-order valence-electron chi connectivity index (χ3n) is 16.4. The summed E-state index contributed by atoms with van der Waals surface area (Å²) in [6.45, 7) is 7.37. The van der Waals surface area contributed by atoms with Crippen molar-refractivity contribution in [1.82, 2.24) is 42.5 Å². The minimum absolute atomic E-state index is 0.0541. The molecule has 23 nitrogen and oxygen atoms in total. The Bertz CT molecular complexity index is 1930. The Hall–Kier alpha value is -4.62. The third kappa shape index (κ3) is 47.0. The van der Waals surface area contributed by atoms with E-state index in [1.54, 1.807) is 0 Å². The van der Waals surface area contributed by atoms with Gasteiger partial charge in [0.1, 0.15) is 42.3 Å². The van der Waals surface area contributed by atoms with Gasteiger partial charge in [0.25, 0.3) is 0 Å². The molecule has 0 unspecified atom stereocenters. The minimum atomic E-state index is -1.61. The fraction of sp³-hybridized carbons (Fsp3) is 0.866. The molecule has 0 radical (unpaired) electrons. The SMILES string of the molecule is CCCCCCCCCCCCCC(=O)N[C@@H](CSC[C@H](NC(=O)CCCCCCCCCCCCC)C(=O)N[C@@H](CO)C(=O)N[C@@H](CCCCN)C(=O)N[C@@H](CCCCN)C(=O)N[C@@H](CCCCN)C(=O)N[C@@H](CCCCN)C(N)=O)C(=O)NCCCCCC. The maximum atomic E-state index is 14.4. The number of rotatable bonds is 64. The van der Waals surface area contributed by atoms with Gasteiger partial charge in [-0.25, -0.2) is 0 Å². The number of nitrogens with one attached hydrogen (secondary N) is 8. The average Bonchev–Trinajstić information content (AvgIpc) is 2.09. The number of carbonyl (C=O) groups is 9. The van der Waals surface area contributed by atoms with Crippen LogP contribution in [-0.2, 0) is 43.2 Å². The molecule has 0 aliphatic carbocycles. The predicted octanol–water partition coefficient (Wildman–Crippen LogP) is 6.21. The van der Waals surface area contributed by atoms with E-state index in [1.165, 1.54) is 95.2 Å². The highest BCUT2D eigenvalue weighted by atomic mass is 32.2. The summed E-state index contributed by atoms with van der Waals surface area (Å²) in [5.41, 5.74) is 28.7. The van der Waals surface area contributed by atoms with Gasteiger partial charge in [0, 0.05) is 30.9 Å². The van der Waals surface area contributed by atoms with Gasteiger partial charge in [0.15, 0.2) is 0 Å². The Kier molecular flexibility index (Phi) is 57.3. The number of aliphatic hydroxyl groups excluding tert-OH is 1. The first kappa shape index (κ1) is 86.4. The van der Waals surface area contributed by atoms with Gasteiger partial charge >= 0.3 is 0 Å². The zero-order chi connectivity index (χ0) is 67.5. The standard InChI is InChI=1S/C67H131N13O10S/c1-4-7-10-13-15-17-19-21-23-25-27-42-59(82)74-57(62(85)73-48-37-12-9-6-3)50-91-51-58(75-60(83)43-28-26-24-22-20-18-16-14-11-8-5-2)67(90)80-56(49-81)66(89)79-55(41-32-36-47-71)65(88)78-54(40-31-35-46-70)64(87)77-53(39-30-34-45-69)63(86)76-52(61(72)84)38-29-33-44-68/h52-58,81H,4-51,68-71H2,1-3H3,(H2,72,84)(H,73,85)(H,74,82)(H,75,83)(H,76,86)(H,77,87)(H,78,88)(H,79,89)(H,80,90)/t52-,53-,54-,55-,56-,57-,58-/m0/s1. The van der Waals surface area contributed by atoms with E-state index < -0.39 is 84.3 Å². The lowest BCUT2D eigenvalue weighted by molar-refractivity contribution is -0.136. The van der Waals surface area contributed by atoms with Crippen molar-refractivity contribution in [2.75, 3.05) is 50.8 Å². The molecular formula is C67H131N13O10S. The molecule has 0 bridgehead atoms. The number of amides is 9. The van der Waals surface area contributed by atoms with Crippen molar-refractivity contribution < 1.29 is 48.3 Å². The van der Waals surface area contributed by atoms with Crippen LogP contribution in [0.5, 0.6) is 0 Å². The molecular weight excluding hydrogens is 1180 g/mol. The number of hydrogen-bond donors (Lipinski definition) is 14. The number of thioether (sulfide) groups is 1. The van der Waals surface area contributed by atoms with Crippen molar-refractivity contribution in [3.63, 3.8) is 0 Å². The lowest BCUT2D eigenvalue weighted by Gasteiger charge is -2.27. The van der Waals surface area contributed by atoms with Gasteiger partial charge in [-0.1, -0.05) is 168 Å². The molecule has 0 fully saturated rings. The molecule has 24 heteroatoms. The summed E-state index contributed by atoms with van der Waals surface area (Å²) in [6, 6.07) is -8.43. The highest BCUT2D eigenvalue weighted by Crippen LogP contribution is 2.16. The van der Waals surface area contributed by atoms with Crippen LogP contribution >= 0.6 is 11.8 Å². The van der Waals surface area contributed by atoms with Gasteiger partial charge < -0.3 is 76.3 Å².